The number of hydrogen-bond acceptors (Lipinski definition) is 4. The van der Waals surface area contributed by atoms with Crippen molar-refractivity contribution in [1.82, 2.24) is 15.2 Å². The number of halogens is 1. The number of benzene rings is 3. The van der Waals surface area contributed by atoms with Crippen LogP contribution in [0.1, 0.15) is 20.7 Å². The summed E-state index contributed by atoms with van der Waals surface area (Å²) in [5, 5.41) is 9.33. The van der Waals surface area contributed by atoms with E-state index in [2.05, 4.69) is 10.2 Å². The average Bonchev–Trinajstić information content (AvgIpc) is 3.26. The highest BCUT2D eigenvalue weighted by atomic mass is 35.5. The molecule has 142 valence electrons. The molecule has 0 amide bonds. The average molecular weight is 410 g/mol. The van der Waals surface area contributed by atoms with E-state index in [4.69, 9.17) is 16.6 Å². The van der Waals surface area contributed by atoms with Crippen LogP contribution in [0.15, 0.2) is 66.9 Å². The third-order valence-corrected chi connectivity index (χ3v) is 5.82. The van der Waals surface area contributed by atoms with E-state index in [1.807, 2.05) is 36.4 Å². The molecular formula is C24H12ClN3O2. The zero-order valence-corrected chi connectivity index (χ0v) is 16.2. The highest BCUT2D eigenvalue weighted by Gasteiger charge is 2.35. The highest BCUT2D eigenvalue weighted by molar-refractivity contribution is 6.54. The largest absolute Gasteiger partial charge is 0.285 e. The van der Waals surface area contributed by atoms with E-state index in [1.165, 1.54) is 0 Å². The Balaban J connectivity index is 1.86. The van der Waals surface area contributed by atoms with Gasteiger partial charge in [0.1, 0.15) is 0 Å². The minimum absolute atomic E-state index is 0.322. The molecule has 1 N–H and O–H groups in total. The van der Waals surface area contributed by atoms with Gasteiger partial charge in [-0.1, -0.05) is 48.0 Å². The van der Waals surface area contributed by atoms with Gasteiger partial charge in [0, 0.05) is 32.5 Å². The third kappa shape index (κ3) is 2.24. The molecule has 0 atom stereocenters. The summed E-state index contributed by atoms with van der Waals surface area (Å²) < 4.78 is 0. The number of ketones is 2. The number of nitrogens with zero attached hydrogens (tertiary/aromatic N) is 2. The highest BCUT2D eigenvalue weighted by Crippen LogP contribution is 2.43. The molecule has 0 spiro atoms. The molecule has 0 saturated heterocycles. The Labute approximate surface area is 175 Å². The number of pyridine rings is 1. The SMILES string of the molecule is O=C1C(=O)c2c(nc3ccc4[nH]ncc4c3c2-c2ccc(Cl)cc2)-c2ccccc21. The number of aromatic amines is 1. The van der Waals surface area contributed by atoms with Crippen molar-refractivity contribution in [2.24, 2.45) is 0 Å². The van der Waals surface area contributed by atoms with Crippen molar-refractivity contribution < 1.29 is 9.59 Å². The molecule has 6 rings (SSSR count). The number of fused-ring (bicyclic) bond motifs is 6. The van der Waals surface area contributed by atoms with Crippen molar-refractivity contribution in [3.05, 3.63) is 83.0 Å². The minimum Gasteiger partial charge on any atom is -0.285 e. The van der Waals surface area contributed by atoms with Gasteiger partial charge in [0.05, 0.1) is 28.5 Å². The maximum atomic E-state index is 13.3. The van der Waals surface area contributed by atoms with Crippen molar-refractivity contribution in [2.75, 3.05) is 0 Å². The Morgan fingerprint density at radius 1 is 0.800 bits per heavy atom. The van der Waals surface area contributed by atoms with Crippen LogP contribution in [-0.4, -0.2) is 26.7 Å². The molecule has 3 aromatic carbocycles. The Kier molecular flexibility index (Phi) is 3.46. The first-order chi connectivity index (χ1) is 14.6. The summed E-state index contributed by atoms with van der Waals surface area (Å²) in [6, 6.07) is 18.2. The number of nitrogens with one attached hydrogen (secondary N) is 1. The van der Waals surface area contributed by atoms with Crippen LogP contribution in [-0.2, 0) is 0 Å². The zero-order valence-electron chi connectivity index (χ0n) is 15.4. The molecule has 5 nitrogen and oxygen atoms in total. The van der Waals surface area contributed by atoms with Gasteiger partial charge in [-0.2, -0.15) is 5.10 Å². The molecule has 0 radical (unpaired) electrons. The quantitative estimate of drug-likeness (QED) is 0.372. The lowest BCUT2D eigenvalue weighted by atomic mass is 9.81. The van der Waals surface area contributed by atoms with Gasteiger partial charge < -0.3 is 0 Å². The first-order valence-electron chi connectivity index (χ1n) is 9.37. The summed E-state index contributed by atoms with van der Waals surface area (Å²) in [5.74, 6) is -1.07. The first-order valence-corrected chi connectivity index (χ1v) is 9.75. The smallest absolute Gasteiger partial charge is 0.236 e. The van der Waals surface area contributed by atoms with Crippen LogP contribution >= 0.6 is 11.6 Å². The van der Waals surface area contributed by atoms with Crippen LogP contribution in [0.25, 0.3) is 44.2 Å². The maximum Gasteiger partial charge on any atom is 0.236 e. The number of aromatic nitrogens is 3. The maximum absolute atomic E-state index is 13.3. The second-order valence-electron chi connectivity index (χ2n) is 7.21. The van der Waals surface area contributed by atoms with Gasteiger partial charge in [-0.25, -0.2) is 4.98 Å². The predicted molar refractivity (Wildman–Crippen MR) is 116 cm³/mol. The summed E-state index contributed by atoms with van der Waals surface area (Å²) in [6.07, 6.45) is 1.72. The molecule has 5 aromatic rings. The van der Waals surface area contributed by atoms with Crippen LogP contribution < -0.4 is 0 Å². The predicted octanol–water partition coefficient (Wildman–Crippen LogP) is 5.48. The number of rotatable bonds is 1. The van der Waals surface area contributed by atoms with Gasteiger partial charge >= 0.3 is 0 Å². The van der Waals surface area contributed by atoms with E-state index in [0.717, 1.165) is 27.4 Å². The monoisotopic (exact) mass is 409 g/mol. The van der Waals surface area contributed by atoms with Crippen molar-refractivity contribution in [3.8, 4) is 22.4 Å². The first kappa shape index (κ1) is 17.1. The molecular weight excluding hydrogens is 398 g/mol. The summed E-state index contributed by atoms with van der Waals surface area (Å²) in [7, 11) is 0. The fraction of sp³-hybridized carbons (Fsp3) is 0. The van der Waals surface area contributed by atoms with Gasteiger partial charge in [0.15, 0.2) is 0 Å². The molecule has 0 fully saturated rings. The van der Waals surface area contributed by atoms with E-state index in [0.29, 0.717) is 33.0 Å². The van der Waals surface area contributed by atoms with E-state index >= 15 is 0 Å². The van der Waals surface area contributed by atoms with Crippen LogP contribution in [0.2, 0.25) is 5.02 Å². The van der Waals surface area contributed by atoms with E-state index in [1.54, 1.807) is 30.5 Å². The molecule has 2 heterocycles. The van der Waals surface area contributed by atoms with Crippen molar-refractivity contribution in [3.63, 3.8) is 0 Å². The Hall–Kier alpha value is -3.83. The van der Waals surface area contributed by atoms with Gasteiger partial charge in [-0.05, 0) is 29.8 Å². The second kappa shape index (κ2) is 6.08. The van der Waals surface area contributed by atoms with Gasteiger partial charge in [-0.3, -0.25) is 14.7 Å². The Morgan fingerprint density at radius 2 is 1.57 bits per heavy atom. The number of hydrogen-bond donors (Lipinski definition) is 1. The molecule has 1 aliphatic carbocycles. The fourth-order valence-electron chi connectivity index (χ4n) is 4.23. The molecule has 0 unspecified atom stereocenters. The number of Topliss-reactive ketones (excluding diaryl/α,β-unsaturated/α-hetero) is 2. The normalized spacial score (nSPS) is 13.0. The van der Waals surface area contributed by atoms with Crippen LogP contribution in [0, 0.1) is 0 Å². The molecule has 1 aliphatic rings. The van der Waals surface area contributed by atoms with Crippen LogP contribution in [0.3, 0.4) is 0 Å². The molecule has 0 aliphatic heterocycles. The van der Waals surface area contributed by atoms with Crippen LogP contribution in [0.4, 0.5) is 0 Å². The fourth-order valence-corrected chi connectivity index (χ4v) is 4.35. The molecule has 0 saturated carbocycles. The third-order valence-electron chi connectivity index (χ3n) is 5.56. The summed E-state index contributed by atoms with van der Waals surface area (Å²) in [4.78, 5) is 31.1. The number of carbonyl (C=O) groups excluding carboxylic acids is 2. The molecule has 2 aromatic heterocycles. The number of carbonyl (C=O) groups is 2. The molecule has 30 heavy (non-hydrogen) atoms. The standard InChI is InChI=1S/C24H12ClN3O2/c25-13-7-5-12(6-8-13)19-20-16-11-26-28-17(16)9-10-18(20)27-22-14-3-1-2-4-15(14)23(29)24(30)21(19)22/h1-11H,(H,26,28). The lowest BCUT2D eigenvalue weighted by molar-refractivity contribution is 0.0815. The molecule has 6 heteroatoms. The topological polar surface area (TPSA) is 75.7 Å². The second-order valence-corrected chi connectivity index (χ2v) is 7.65. The summed E-state index contributed by atoms with van der Waals surface area (Å²) in [6.45, 7) is 0. The summed E-state index contributed by atoms with van der Waals surface area (Å²) in [5.41, 5.74) is 4.91. The van der Waals surface area contributed by atoms with Crippen molar-refractivity contribution in [1.29, 1.82) is 0 Å². The van der Waals surface area contributed by atoms with Crippen molar-refractivity contribution >= 4 is 45.0 Å². The summed E-state index contributed by atoms with van der Waals surface area (Å²) >= 11 is 6.11. The lowest BCUT2D eigenvalue weighted by Gasteiger charge is -2.22. The zero-order chi connectivity index (χ0) is 20.4. The van der Waals surface area contributed by atoms with Crippen molar-refractivity contribution in [2.45, 2.75) is 0 Å². The van der Waals surface area contributed by atoms with Gasteiger partial charge in [0.2, 0.25) is 11.6 Å². The van der Waals surface area contributed by atoms with E-state index < -0.39 is 11.6 Å². The Morgan fingerprint density at radius 3 is 2.37 bits per heavy atom. The number of H-pyrrole nitrogens is 1. The lowest BCUT2D eigenvalue weighted by Crippen LogP contribution is -2.23. The Bertz CT molecular complexity index is 1530. The minimum atomic E-state index is -0.552. The van der Waals surface area contributed by atoms with Gasteiger partial charge in [-0.15, -0.1) is 0 Å². The van der Waals surface area contributed by atoms with E-state index in [-0.39, 0.29) is 0 Å². The van der Waals surface area contributed by atoms with Gasteiger partial charge in [0.25, 0.3) is 0 Å². The van der Waals surface area contributed by atoms with E-state index in [9.17, 15) is 9.59 Å². The van der Waals surface area contributed by atoms with Crippen LogP contribution in [0.5, 0.6) is 0 Å². The molecule has 0 bridgehead atoms.